The summed E-state index contributed by atoms with van der Waals surface area (Å²) in [6.45, 7) is 5.44. The first kappa shape index (κ1) is 24.4. The van der Waals surface area contributed by atoms with Gasteiger partial charge < -0.3 is 29.9 Å². The number of hydrogen-bond donors (Lipinski definition) is 4. The predicted molar refractivity (Wildman–Crippen MR) is 124 cm³/mol. The number of rotatable bonds is 5. The second-order valence-electron chi connectivity index (χ2n) is 10.1. The van der Waals surface area contributed by atoms with Crippen molar-refractivity contribution in [2.75, 3.05) is 6.54 Å². The Hall–Kier alpha value is -2.31. The predicted octanol–water partition coefficient (Wildman–Crippen LogP) is 0.663. The second kappa shape index (κ2) is 9.29. The van der Waals surface area contributed by atoms with E-state index in [1.165, 1.54) is 0 Å². The van der Waals surface area contributed by atoms with E-state index in [1.54, 1.807) is 4.68 Å². The molecule has 35 heavy (non-hydrogen) atoms. The summed E-state index contributed by atoms with van der Waals surface area (Å²) >= 11 is 0. The number of aliphatic hydroxyl groups excluding tert-OH is 3. The lowest BCUT2D eigenvalue weighted by Gasteiger charge is -2.38. The molecule has 192 valence electrons. The SMILES string of the molecule is CC(C)N1CCC[C@@H]1c1nn(C)c2nc(O[C@@H]3O[C@H](C(=O)O)[C@@H](O)[C@H](O)[C@H]3O)c3c(c12)CCCC3. The number of aromatic nitrogens is 3. The van der Waals surface area contributed by atoms with Gasteiger partial charge in [0.1, 0.15) is 18.3 Å². The lowest BCUT2D eigenvalue weighted by molar-refractivity contribution is -0.271. The van der Waals surface area contributed by atoms with Crippen molar-refractivity contribution in [2.45, 2.75) is 95.2 Å². The van der Waals surface area contributed by atoms with Crippen molar-refractivity contribution < 1.29 is 34.7 Å². The van der Waals surface area contributed by atoms with Gasteiger partial charge in [0.15, 0.2) is 11.8 Å². The molecule has 2 fully saturated rings. The van der Waals surface area contributed by atoms with E-state index in [0.717, 1.165) is 67.3 Å². The van der Waals surface area contributed by atoms with Crippen molar-refractivity contribution >= 4 is 17.0 Å². The van der Waals surface area contributed by atoms with Gasteiger partial charge in [-0.05, 0) is 64.5 Å². The van der Waals surface area contributed by atoms with Crippen molar-refractivity contribution in [2.24, 2.45) is 7.05 Å². The van der Waals surface area contributed by atoms with Crippen molar-refractivity contribution in [3.63, 3.8) is 0 Å². The molecule has 11 heteroatoms. The van der Waals surface area contributed by atoms with Gasteiger partial charge in [-0.3, -0.25) is 4.90 Å². The Balaban J connectivity index is 1.57. The minimum absolute atomic E-state index is 0.217. The molecular weight excluding hydrogens is 456 g/mol. The van der Waals surface area contributed by atoms with E-state index in [9.17, 15) is 25.2 Å². The first-order chi connectivity index (χ1) is 16.7. The molecule has 0 spiro atoms. The Morgan fingerprint density at radius 3 is 2.49 bits per heavy atom. The minimum Gasteiger partial charge on any atom is -0.479 e. The maximum atomic E-state index is 11.5. The van der Waals surface area contributed by atoms with Gasteiger partial charge in [-0.15, -0.1) is 0 Å². The number of fused-ring (bicyclic) bond motifs is 3. The third kappa shape index (κ3) is 4.09. The quantitative estimate of drug-likeness (QED) is 0.471. The standard InChI is InChI=1S/C24H34N4O7/c1-11(2)28-10-6-9-14(28)16-15-12-7-4-5-8-13(12)22(25-21(15)27(3)26-16)35-24-19(31)17(29)18(30)20(34-24)23(32)33/h11,14,17-20,24,29-31H,4-10H2,1-3H3,(H,32,33)/t14-,17+,18+,19-,20+,24+/m1/s1. The summed E-state index contributed by atoms with van der Waals surface area (Å²) in [4.78, 5) is 18.8. The zero-order valence-electron chi connectivity index (χ0n) is 20.3. The molecule has 1 aliphatic carbocycles. The van der Waals surface area contributed by atoms with E-state index in [1.807, 2.05) is 7.05 Å². The Labute approximate surface area is 203 Å². The summed E-state index contributed by atoms with van der Waals surface area (Å²) in [5.74, 6) is -1.21. The van der Waals surface area contributed by atoms with Crippen LogP contribution in [0.25, 0.3) is 11.0 Å². The molecule has 0 aromatic carbocycles. The van der Waals surface area contributed by atoms with Gasteiger partial charge in [0.05, 0.1) is 11.7 Å². The maximum absolute atomic E-state index is 11.5. The number of aliphatic hydroxyl groups is 3. The average Bonchev–Trinajstić information content (AvgIpc) is 3.44. The van der Waals surface area contributed by atoms with Crippen LogP contribution in [0.1, 0.15) is 62.4 Å². The number of aryl methyl sites for hydroxylation is 2. The molecule has 5 rings (SSSR count). The fraction of sp³-hybridized carbons (Fsp3) is 0.708. The van der Waals surface area contributed by atoms with E-state index in [0.29, 0.717) is 11.7 Å². The highest BCUT2D eigenvalue weighted by Gasteiger charge is 2.48. The second-order valence-corrected chi connectivity index (χ2v) is 10.1. The number of likely N-dealkylation sites (tertiary alicyclic amines) is 1. The van der Waals surface area contributed by atoms with Crippen LogP contribution < -0.4 is 4.74 Å². The number of nitrogens with zero attached hydrogens (tertiary/aromatic N) is 4. The highest BCUT2D eigenvalue weighted by molar-refractivity contribution is 5.85. The van der Waals surface area contributed by atoms with Crippen LogP contribution >= 0.6 is 0 Å². The van der Waals surface area contributed by atoms with Crippen LogP contribution in [0.4, 0.5) is 0 Å². The fourth-order valence-corrected chi connectivity index (χ4v) is 5.82. The number of carboxylic acid groups (broad SMARTS) is 1. The number of hydrogen-bond acceptors (Lipinski definition) is 9. The van der Waals surface area contributed by atoms with Gasteiger partial charge in [-0.25, -0.2) is 9.48 Å². The summed E-state index contributed by atoms with van der Waals surface area (Å²) in [6.07, 6.45) is -2.70. The molecule has 0 saturated carbocycles. The Morgan fingerprint density at radius 2 is 1.80 bits per heavy atom. The fourth-order valence-electron chi connectivity index (χ4n) is 5.82. The summed E-state index contributed by atoms with van der Waals surface area (Å²) in [5, 5.41) is 46.0. The summed E-state index contributed by atoms with van der Waals surface area (Å²) in [5.41, 5.74) is 3.71. The number of carboxylic acids is 1. The van der Waals surface area contributed by atoms with E-state index in [-0.39, 0.29) is 11.9 Å². The van der Waals surface area contributed by atoms with Crippen LogP contribution in [-0.2, 0) is 29.4 Å². The Kier molecular flexibility index (Phi) is 6.47. The Morgan fingerprint density at radius 1 is 1.09 bits per heavy atom. The number of aliphatic carboxylic acids is 1. The molecule has 0 unspecified atom stereocenters. The van der Waals surface area contributed by atoms with Crippen molar-refractivity contribution in [1.82, 2.24) is 19.7 Å². The zero-order valence-corrected chi connectivity index (χ0v) is 20.3. The van der Waals surface area contributed by atoms with Crippen LogP contribution in [0.15, 0.2) is 0 Å². The topological polar surface area (TPSA) is 150 Å². The summed E-state index contributed by atoms with van der Waals surface area (Å²) in [7, 11) is 1.85. The summed E-state index contributed by atoms with van der Waals surface area (Å²) < 4.78 is 13.1. The van der Waals surface area contributed by atoms with E-state index < -0.39 is 36.7 Å². The average molecular weight is 491 g/mol. The van der Waals surface area contributed by atoms with Gasteiger partial charge in [0.2, 0.25) is 12.2 Å². The van der Waals surface area contributed by atoms with Gasteiger partial charge in [-0.1, -0.05) is 0 Å². The van der Waals surface area contributed by atoms with Crippen molar-refractivity contribution in [1.29, 1.82) is 0 Å². The molecule has 3 aliphatic rings. The summed E-state index contributed by atoms with van der Waals surface area (Å²) in [6, 6.07) is 0.620. The largest absolute Gasteiger partial charge is 0.479 e. The van der Waals surface area contributed by atoms with Crippen LogP contribution in [0.5, 0.6) is 5.88 Å². The van der Waals surface area contributed by atoms with Gasteiger partial charge >= 0.3 is 5.97 Å². The molecule has 4 N–H and O–H groups in total. The van der Waals surface area contributed by atoms with Crippen LogP contribution in [0, 0.1) is 0 Å². The molecule has 2 aliphatic heterocycles. The normalized spacial score (nSPS) is 31.7. The van der Waals surface area contributed by atoms with Gasteiger partial charge in [-0.2, -0.15) is 10.1 Å². The number of carbonyl (C=O) groups is 1. The molecule has 6 atom stereocenters. The van der Waals surface area contributed by atoms with E-state index >= 15 is 0 Å². The molecule has 0 bridgehead atoms. The van der Waals surface area contributed by atoms with Crippen molar-refractivity contribution in [3.8, 4) is 5.88 Å². The highest BCUT2D eigenvalue weighted by atomic mass is 16.7. The Bertz CT molecular complexity index is 1120. The molecule has 0 amide bonds. The lowest BCUT2D eigenvalue weighted by Crippen LogP contribution is -2.61. The molecule has 2 aromatic heterocycles. The monoisotopic (exact) mass is 490 g/mol. The number of ether oxygens (including phenoxy) is 2. The van der Waals surface area contributed by atoms with Crippen LogP contribution in [0.2, 0.25) is 0 Å². The van der Waals surface area contributed by atoms with Gasteiger partial charge in [0, 0.05) is 24.0 Å². The first-order valence-corrected chi connectivity index (χ1v) is 12.4. The zero-order chi connectivity index (χ0) is 25.0. The molecule has 2 aromatic rings. The van der Waals surface area contributed by atoms with Crippen LogP contribution in [0.3, 0.4) is 0 Å². The van der Waals surface area contributed by atoms with E-state index in [4.69, 9.17) is 19.6 Å². The molecule has 0 radical (unpaired) electrons. The third-order valence-electron chi connectivity index (χ3n) is 7.59. The molecular formula is C24H34N4O7. The first-order valence-electron chi connectivity index (χ1n) is 12.4. The maximum Gasteiger partial charge on any atom is 0.335 e. The molecule has 11 nitrogen and oxygen atoms in total. The smallest absolute Gasteiger partial charge is 0.335 e. The number of pyridine rings is 1. The third-order valence-corrected chi connectivity index (χ3v) is 7.59. The molecule has 2 saturated heterocycles. The van der Waals surface area contributed by atoms with Crippen LogP contribution in [-0.4, -0.2) is 89.4 Å². The van der Waals surface area contributed by atoms with E-state index in [2.05, 4.69) is 18.7 Å². The van der Waals surface area contributed by atoms with Crippen molar-refractivity contribution in [3.05, 3.63) is 16.8 Å². The lowest BCUT2D eigenvalue weighted by atomic mass is 9.89. The molecule has 4 heterocycles. The minimum atomic E-state index is -1.78. The van der Waals surface area contributed by atoms with Gasteiger partial charge in [0.25, 0.3) is 0 Å². The highest BCUT2D eigenvalue weighted by Crippen LogP contribution is 2.42.